The van der Waals surface area contributed by atoms with Gasteiger partial charge in [-0.05, 0) is 96.2 Å². The maximum atomic E-state index is 13.8. The molecule has 322 valence electrons. The number of carbonyl (C=O) groups excluding carboxylic acids is 6. The molecule has 22 heteroatoms. The lowest BCUT2D eigenvalue weighted by atomic mass is 10.0. The summed E-state index contributed by atoms with van der Waals surface area (Å²) in [6.45, 7) is 2.98. The Kier molecular flexibility index (Phi) is 27.2. The van der Waals surface area contributed by atoms with E-state index in [1.807, 2.05) is 0 Å². The van der Waals surface area contributed by atoms with Gasteiger partial charge in [-0.3, -0.25) is 33.8 Å². The number of carboxylic acids is 1. The van der Waals surface area contributed by atoms with Crippen molar-refractivity contribution < 1.29 is 43.8 Å². The van der Waals surface area contributed by atoms with Crippen LogP contribution in [0.25, 0.3) is 0 Å². The zero-order valence-electron chi connectivity index (χ0n) is 32.7. The fourth-order valence-corrected chi connectivity index (χ4v) is 5.36. The van der Waals surface area contributed by atoms with Crippen molar-refractivity contribution in [2.24, 2.45) is 45.3 Å². The Balaban J connectivity index is 6.30. The first-order chi connectivity index (χ1) is 26.6. The molecular weight excluding hydrogens is 734 g/mol. The van der Waals surface area contributed by atoms with Crippen LogP contribution < -0.4 is 66.3 Å². The van der Waals surface area contributed by atoms with E-state index in [9.17, 15) is 43.8 Å². The second-order valence-electron chi connectivity index (χ2n) is 13.6. The lowest BCUT2D eigenvalue weighted by molar-refractivity contribution is -0.143. The lowest BCUT2D eigenvalue weighted by Crippen LogP contribution is -2.60. The third-order valence-corrected chi connectivity index (χ3v) is 8.57. The van der Waals surface area contributed by atoms with Crippen molar-refractivity contribution in [1.29, 1.82) is 0 Å². The summed E-state index contributed by atoms with van der Waals surface area (Å²) in [6, 6.07) is -7.63. The number of nitrogens with zero attached hydrogens (tertiary/aromatic N) is 1. The second-order valence-corrected chi connectivity index (χ2v) is 13.6. The maximum absolute atomic E-state index is 13.8. The third-order valence-electron chi connectivity index (χ3n) is 8.57. The molecule has 0 saturated heterocycles. The van der Waals surface area contributed by atoms with Crippen LogP contribution in [0.2, 0.25) is 0 Å². The Bertz CT molecular complexity index is 1270. The standard InChI is InChI=1S/C34H67N13O9/c1-20(2)27(33(55)56)47-31(53)23(12-5-8-16-37)45-32(54)25(19-48)46-30(52)24(13-9-17-41-34(39)40)44-29(51)22(11-4-7-15-36)43-28(50)21(10-3-6-14-35)42-26(49)18-38/h20-25,27,48H,3-19,35-38H2,1-2H3,(H,42,49)(H,43,50)(H,44,51)(H,45,54)(H,46,52)(H,47,53)(H,55,56)(H4,39,40,41)/t21-,22-,23-,24-,25-,27-/m0/s1. The van der Waals surface area contributed by atoms with Crippen LogP contribution in [-0.2, 0) is 33.6 Å². The topological polar surface area (TPSA) is 401 Å². The van der Waals surface area contributed by atoms with E-state index < -0.39 is 90.2 Å². The van der Waals surface area contributed by atoms with E-state index in [1.165, 1.54) is 0 Å². The molecule has 6 atom stereocenters. The van der Waals surface area contributed by atoms with Crippen LogP contribution in [0.4, 0.5) is 0 Å². The van der Waals surface area contributed by atoms with Crippen molar-refractivity contribution in [2.75, 3.05) is 39.3 Å². The number of aliphatic hydroxyl groups excluding tert-OH is 1. The molecule has 0 unspecified atom stereocenters. The Morgan fingerprint density at radius 1 is 0.536 bits per heavy atom. The fraction of sp³-hybridized carbons (Fsp3) is 0.765. The van der Waals surface area contributed by atoms with Crippen molar-refractivity contribution in [3.8, 4) is 0 Å². The Labute approximate surface area is 328 Å². The third kappa shape index (κ3) is 21.5. The highest BCUT2D eigenvalue weighted by atomic mass is 16.4. The molecule has 0 aromatic rings. The van der Waals surface area contributed by atoms with Gasteiger partial charge in [-0.25, -0.2) is 4.79 Å². The molecule has 56 heavy (non-hydrogen) atoms. The summed E-state index contributed by atoms with van der Waals surface area (Å²) >= 11 is 0. The molecule has 6 amide bonds. The molecule has 0 aliphatic heterocycles. The first kappa shape index (κ1) is 51.4. The van der Waals surface area contributed by atoms with Crippen molar-refractivity contribution in [3.63, 3.8) is 0 Å². The molecule has 0 bridgehead atoms. The zero-order chi connectivity index (χ0) is 42.6. The molecule has 0 rings (SSSR count). The first-order valence-electron chi connectivity index (χ1n) is 19.1. The fourth-order valence-electron chi connectivity index (χ4n) is 5.36. The van der Waals surface area contributed by atoms with E-state index >= 15 is 0 Å². The van der Waals surface area contributed by atoms with Crippen molar-refractivity contribution in [3.05, 3.63) is 0 Å². The summed E-state index contributed by atoms with van der Waals surface area (Å²) in [5.41, 5.74) is 33.1. The minimum Gasteiger partial charge on any atom is -0.480 e. The van der Waals surface area contributed by atoms with E-state index in [2.05, 4.69) is 36.9 Å². The minimum absolute atomic E-state index is 0.0538. The highest BCUT2D eigenvalue weighted by Crippen LogP contribution is 2.09. The Hall–Kier alpha value is -4.64. The molecule has 0 aliphatic rings. The number of carbonyl (C=O) groups is 7. The van der Waals surface area contributed by atoms with Crippen molar-refractivity contribution >= 4 is 47.4 Å². The van der Waals surface area contributed by atoms with Gasteiger partial charge in [-0.15, -0.1) is 0 Å². The van der Waals surface area contributed by atoms with E-state index in [0.29, 0.717) is 58.2 Å². The number of aliphatic carboxylic acids is 1. The van der Waals surface area contributed by atoms with E-state index in [0.717, 1.165) is 0 Å². The normalized spacial score (nSPS) is 14.2. The number of guanidine groups is 1. The molecule has 0 spiro atoms. The van der Waals surface area contributed by atoms with Gasteiger partial charge in [-0.2, -0.15) is 0 Å². The Morgan fingerprint density at radius 2 is 0.893 bits per heavy atom. The van der Waals surface area contributed by atoms with Crippen LogP contribution >= 0.6 is 0 Å². The van der Waals surface area contributed by atoms with Gasteiger partial charge >= 0.3 is 5.97 Å². The number of amides is 6. The van der Waals surface area contributed by atoms with E-state index in [4.69, 9.17) is 34.4 Å². The molecule has 0 aromatic heterocycles. The quantitative estimate of drug-likeness (QED) is 0.0177. The highest BCUT2D eigenvalue weighted by Gasteiger charge is 2.33. The van der Waals surface area contributed by atoms with Crippen LogP contribution in [0.5, 0.6) is 0 Å². The van der Waals surface area contributed by atoms with E-state index in [-0.39, 0.29) is 51.2 Å². The number of nitrogens with two attached hydrogens (primary N) is 6. The van der Waals surface area contributed by atoms with Gasteiger partial charge in [0.2, 0.25) is 35.4 Å². The molecule has 0 saturated carbocycles. The predicted molar refractivity (Wildman–Crippen MR) is 209 cm³/mol. The van der Waals surface area contributed by atoms with Crippen molar-refractivity contribution in [2.45, 2.75) is 121 Å². The summed E-state index contributed by atoms with van der Waals surface area (Å²) in [5, 5.41) is 34.8. The smallest absolute Gasteiger partial charge is 0.326 e. The number of rotatable bonds is 31. The largest absolute Gasteiger partial charge is 0.480 e. The average Bonchev–Trinajstić information content (AvgIpc) is 3.15. The maximum Gasteiger partial charge on any atom is 0.326 e. The summed E-state index contributed by atoms with van der Waals surface area (Å²) in [4.78, 5) is 95.0. The molecule has 22 nitrogen and oxygen atoms in total. The zero-order valence-corrected chi connectivity index (χ0v) is 32.7. The monoisotopic (exact) mass is 802 g/mol. The van der Waals surface area contributed by atoms with Crippen LogP contribution in [-0.4, -0.2) is 133 Å². The number of carboxylic acid groups (broad SMARTS) is 1. The first-order valence-corrected chi connectivity index (χ1v) is 19.1. The van der Waals surface area contributed by atoms with Gasteiger partial charge in [0.1, 0.15) is 36.3 Å². The van der Waals surface area contributed by atoms with Gasteiger partial charge < -0.3 is 76.5 Å². The number of hydrogen-bond acceptors (Lipinski definition) is 13. The second kappa shape index (κ2) is 29.6. The summed E-state index contributed by atoms with van der Waals surface area (Å²) in [7, 11) is 0. The number of aliphatic hydroxyl groups is 1. The van der Waals surface area contributed by atoms with Gasteiger partial charge in [-0.1, -0.05) is 13.8 Å². The van der Waals surface area contributed by atoms with Gasteiger partial charge in [0.15, 0.2) is 5.96 Å². The molecule has 0 aliphatic carbocycles. The summed E-state index contributed by atoms with van der Waals surface area (Å²) < 4.78 is 0. The van der Waals surface area contributed by atoms with Gasteiger partial charge in [0.25, 0.3) is 0 Å². The van der Waals surface area contributed by atoms with Crippen molar-refractivity contribution in [1.82, 2.24) is 31.9 Å². The van der Waals surface area contributed by atoms with Crippen LogP contribution in [0.3, 0.4) is 0 Å². The summed E-state index contributed by atoms with van der Waals surface area (Å²) in [6.07, 6.45) is 3.44. The summed E-state index contributed by atoms with van der Waals surface area (Å²) in [5.74, 6) is -6.58. The molecule has 0 aromatic carbocycles. The molecule has 0 heterocycles. The number of aliphatic imine (C=N–C) groups is 1. The molecular formula is C34H67N13O9. The lowest BCUT2D eigenvalue weighted by Gasteiger charge is -2.27. The van der Waals surface area contributed by atoms with Crippen LogP contribution in [0.1, 0.15) is 84.5 Å². The SMILES string of the molecule is CC(C)[C@H](NC(=O)[C@H](CCCCN)NC(=O)[C@H](CO)NC(=O)[C@H](CCCN=C(N)N)NC(=O)[C@H](CCCCN)NC(=O)[C@H](CCCCN)NC(=O)CN)C(=O)O. The van der Waals surface area contributed by atoms with Gasteiger partial charge in [0, 0.05) is 6.54 Å². The number of nitrogens with one attached hydrogen (secondary N) is 6. The number of hydrogen-bond donors (Lipinski definition) is 14. The molecule has 0 radical (unpaired) electrons. The highest BCUT2D eigenvalue weighted by molar-refractivity contribution is 5.97. The number of unbranched alkanes of at least 4 members (excludes halogenated alkanes) is 3. The van der Waals surface area contributed by atoms with E-state index in [1.54, 1.807) is 13.8 Å². The average molecular weight is 802 g/mol. The van der Waals surface area contributed by atoms with Gasteiger partial charge in [0.05, 0.1) is 13.2 Å². The minimum atomic E-state index is -1.61. The van der Waals surface area contributed by atoms with Crippen LogP contribution in [0, 0.1) is 5.92 Å². The predicted octanol–water partition coefficient (Wildman–Crippen LogP) is -4.97. The Morgan fingerprint density at radius 3 is 1.23 bits per heavy atom. The molecule has 0 fully saturated rings. The van der Waals surface area contributed by atoms with Crippen LogP contribution in [0.15, 0.2) is 4.99 Å². The molecule has 20 N–H and O–H groups in total.